The van der Waals surface area contributed by atoms with Gasteiger partial charge in [0.1, 0.15) is 13.2 Å². The minimum atomic E-state index is -1.18. The highest BCUT2D eigenvalue weighted by molar-refractivity contribution is 5.94. The van der Waals surface area contributed by atoms with Crippen LogP contribution in [0.2, 0.25) is 0 Å². The van der Waals surface area contributed by atoms with Crippen molar-refractivity contribution < 1.29 is 29.0 Å². The fraction of sp³-hybridized carbons (Fsp3) is 0.750. The van der Waals surface area contributed by atoms with Crippen LogP contribution in [0.15, 0.2) is 0 Å². The summed E-state index contributed by atoms with van der Waals surface area (Å²) >= 11 is 0. The van der Waals surface area contributed by atoms with E-state index in [4.69, 9.17) is 9.84 Å². The van der Waals surface area contributed by atoms with Crippen molar-refractivity contribution >= 4 is 17.9 Å². The van der Waals surface area contributed by atoms with Crippen LogP contribution in [0.1, 0.15) is 20.3 Å². The Morgan fingerprint density at radius 3 is 2.40 bits per heavy atom. The van der Waals surface area contributed by atoms with Gasteiger partial charge >= 0.3 is 12.0 Å². The van der Waals surface area contributed by atoms with E-state index in [1.54, 1.807) is 0 Å². The lowest BCUT2D eigenvalue weighted by Gasteiger charge is -2.08. The van der Waals surface area contributed by atoms with Gasteiger partial charge in [-0.05, 0) is 12.3 Å². The van der Waals surface area contributed by atoms with E-state index in [0.29, 0.717) is 19.1 Å². The standard InChI is InChI=1S/C12H22N2O6/c1-9(2)3-5-19-6-4-13-12(18)14-10(15)7-20-8-11(16)17/h9H,3-8H2,1-2H3,(H,16,17)(H2,13,14,15,18). The number of nitrogens with one attached hydrogen (secondary N) is 2. The van der Waals surface area contributed by atoms with E-state index >= 15 is 0 Å². The summed E-state index contributed by atoms with van der Waals surface area (Å²) < 4.78 is 9.80. The van der Waals surface area contributed by atoms with Crippen molar-refractivity contribution in [2.75, 3.05) is 33.0 Å². The third-order valence-electron chi connectivity index (χ3n) is 2.08. The van der Waals surface area contributed by atoms with Gasteiger partial charge in [0, 0.05) is 13.2 Å². The molecule has 0 aliphatic rings. The van der Waals surface area contributed by atoms with Crippen LogP contribution in [0.5, 0.6) is 0 Å². The third-order valence-corrected chi connectivity index (χ3v) is 2.08. The molecule has 0 heterocycles. The second-order valence-corrected chi connectivity index (χ2v) is 4.49. The number of rotatable bonds is 10. The SMILES string of the molecule is CC(C)CCOCCNC(=O)NC(=O)COCC(=O)O. The Bertz CT molecular complexity index is 319. The highest BCUT2D eigenvalue weighted by Gasteiger charge is 2.08. The summed E-state index contributed by atoms with van der Waals surface area (Å²) in [5, 5.41) is 12.7. The van der Waals surface area contributed by atoms with E-state index in [2.05, 4.69) is 23.9 Å². The van der Waals surface area contributed by atoms with Crippen molar-refractivity contribution in [3.8, 4) is 0 Å². The normalized spacial score (nSPS) is 10.3. The van der Waals surface area contributed by atoms with E-state index in [1.165, 1.54) is 0 Å². The molecule has 0 aliphatic heterocycles. The average molecular weight is 290 g/mol. The lowest BCUT2D eigenvalue weighted by Crippen LogP contribution is -2.42. The molecule has 8 nitrogen and oxygen atoms in total. The molecule has 3 amide bonds. The maximum Gasteiger partial charge on any atom is 0.329 e. The second-order valence-electron chi connectivity index (χ2n) is 4.49. The van der Waals surface area contributed by atoms with Crippen molar-refractivity contribution in [1.29, 1.82) is 0 Å². The molecule has 0 aromatic heterocycles. The third kappa shape index (κ3) is 12.8. The first kappa shape index (κ1) is 18.3. The van der Waals surface area contributed by atoms with Gasteiger partial charge in [-0.2, -0.15) is 0 Å². The first-order chi connectivity index (χ1) is 9.41. The van der Waals surface area contributed by atoms with Crippen LogP contribution < -0.4 is 10.6 Å². The zero-order valence-electron chi connectivity index (χ0n) is 11.8. The van der Waals surface area contributed by atoms with Crippen LogP contribution in [0.25, 0.3) is 0 Å². The zero-order valence-corrected chi connectivity index (χ0v) is 11.8. The Labute approximate surface area is 117 Å². The van der Waals surface area contributed by atoms with Crippen molar-refractivity contribution in [3.63, 3.8) is 0 Å². The van der Waals surface area contributed by atoms with Gasteiger partial charge in [0.05, 0.1) is 6.61 Å². The van der Waals surface area contributed by atoms with Crippen LogP contribution in [0, 0.1) is 5.92 Å². The number of aliphatic carboxylic acids is 1. The predicted molar refractivity (Wildman–Crippen MR) is 70.3 cm³/mol. The summed E-state index contributed by atoms with van der Waals surface area (Å²) in [7, 11) is 0. The summed E-state index contributed by atoms with van der Waals surface area (Å²) in [6.07, 6.45) is 0.950. The molecule has 8 heteroatoms. The molecule has 20 heavy (non-hydrogen) atoms. The van der Waals surface area contributed by atoms with Gasteiger partial charge in [-0.1, -0.05) is 13.8 Å². The number of carboxylic acids is 1. The molecule has 0 bridgehead atoms. The average Bonchev–Trinajstić information content (AvgIpc) is 2.32. The first-order valence-corrected chi connectivity index (χ1v) is 6.36. The number of amides is 3. The second kappa shape index (κ2) is 11.2. The van der Waals surface area contributed by atoms with Gasteiger partial charge in [0.2, 0.25) is 0 Å². The molecule has 0 spiro atoms. The highest BCUT2D eigenvalue weighted by Crippen LogP contribution is 1.98. The van der Waals surface area contributed by atoms with Crippen LogP contribution in [-0.2, 0) is 19.1 Å². The maximum atomic E-state index is 11.2. The summed E-state index contributed by atoms with van der Waals surface area (Å²) in [5.41, 5.74) is 0. The lowest BCUT2D eigenvalue weighted by molar-refractivity contribution is -0.143. The molecule has 0 unspecified atom stereocenters. The first-order valence-electron chi connectivity index (χ1n) is 6.36. The lowest BCUT2D eigenvalue weighted by atomic mass is 10.1. The van der Waals surface area contributed by atoms with Gasteiger partial charge in [0.15, 0.2) is 0 Å². The predicted octanol–water partition coefficient (Wildman–Crippen LogP) is -0.0239. The van der Waals surface area contributed by atoms with Crippen molar-refractivity contribution in [1.82, 2.24) is 10.6 Å². The molecule has 0 atom stereocenters. The number of hydrogen-bond acceptors (Lipinski definition) is 5. The molecule has 0 aromatic rings. The molecule has 0 rings (SSSR count). The molecular formula is C12H22N2O6. The molecule has 0 saturated heterocycles. The topological polar surface area (TPSA) is 114 Å². The molecule has 0 aromatic carbocycles. The number of hydrogen-bond donors (Lipinski definition) is 3. The number of urea groups is 1. The number of carboxylic acid groups (broad SMARTS) is 1. The summed E-state index contributed by atoms with van der Waals surface area (Å²) in [6, 6.07) is -0.665. The molecule has 3 N–H and O–H groups in total. The minimum Gasteiger partial charge on any atom is -0.480 e. The number of carbonyl (C=O) groups excluding carboxylic acids is 2. The van der Waals surface area contributed by atoms with Crippen molar-refractivity contribution in [2.24, 2.45) is 5.92 Å². The summed E-state index contributed by atoms with van der Waals surface area (Å²) in [5.74, 6) is -1.32. The van der Waals surface area contributed by atoms with Crippen LogP contribution >= 0.6 is 0 Å². The fourth-order valence-electron chi connectivity index (χ4n) is 1.10. The Balaban J connectivity index is 3.48. The molecule has 116 valence electrons. The van der Waals surface area contributed by atoms with Gasteiger partial charge < -0.3 is 19.9 Å². The largest absolute Gasteiger partial charge is 0.480 e. The van der Waals surface area contributed by atoms with E-state index in [0.717, 1.165) is 6.42 Å². The Morgan fingerprint density at radius 2 is 1.80 bits per heavy atom. The smallest absolute Gasteiger partial charge is 0.329 e. The Hall–Kier alpha value is -1.67. The van der Waals surface area contributed by atoms with Gasteiger partial charge in [0.25, 0.3) is 5.91 Å². The van der Waals surface area contributed by atoms with Crippen LogP contribution in [0.3, 0.4) is 0 Å². The minimum absolute atomic E-state index is 0.285. The van der Waals surface area contributed by atoms with Crippen LogP contribution in [-0.4, -0.2) is 56.0 Å². The summed E-state index contributed by atoms with van der Waals surface area (Å²) in [6.45, 7) is 4.39. The van der Waals surface area contributed by atoms with E-state index in [-0.39, 0.29) is 6.54 Å². The Kier molecular flexibility index (Phi) is 10.2. The van der Waals surface area contributed by atoms with Crippen molar-refractivity contribution in [3.05, 3.63) is 0 Å². The van der Waals surface area contributed by atoms with Gasteiger partial charge in [-0.3, -0.25) is 10.1 Å². The maximum absolute atomic E-state index is 11.2. The molecule has 0 aliphatic carbocycles. The monoisotopic (exact) mass is 290 g/mol. The van der Waals surface area contributed by atoms with Gasteiger partial charge in [-0.25, -0.2) is 9.59 Å². The molecule has 0 radical (unpaired) electrons. The number of carbonyl (C=O) groups is 3. The van der Waals surface area contributed by atoms with E-state index < -0.39 is 31.1 Å². The Morgan fingerprint density at radius 1 is 1.10 bits per heavy atom. The van der Waals surface area contributed by atoms with Gasteiger partial charge in [-0.15, -0.1) is 0 Å². The quantitative estimate of drug-likeness (QED) is 0.487. The summed E-state index contributed by atoms with van der Waals surface area (Å²) in [4.78, 5) is 32.5. The fourth-order valence-corrected chi connectivity index (χ4v) is 1.10. The number of ether oxygens (including phenoxy) is 2. The molecule has 0 saturated carbocycles. The molecular weight excluding hydrogens is 268 g/mol. The zero-order chi connectivity index (χ0) is 15.4. The highest BCUT2D eigenvalue weighted by atomic mass is 16.5. The van der Waals surface area contributed by atoms with E-state index in [1.807, 2.05) is 5.32 Å². The number of imide groups is 1. The van der Waals surface area contributed by atoms with Crippen molar-refractivity contribution in [2.45, 2.75) is 20.3 Å². The van der Waals surface area contributed by atoms with Crippen LogP contribution in [0.4, 0.5) is 4.79 Å². The molecule has 0 fully saturated rings. The van der Waals surface area contributed by atoms with E-state index in [9.17, 15) is 14.4 Å².